The second kappa shape index (κ2) is 7.64. The third-order valence-electron chi connectivity index (χ3n) is 6.38. The van der Waals surface area contributed by atoms with E-state index in [1.165, 1.54) is 0 Å². The van der Waals surface area contributed by atoms with Gasteiger partial charge in [-0.1, -0.05) is 30.3 Å². The molecule has 0 aliphatic heterocycles. The molecule has 6 heteroatoms. The number of nitrogens with zero attached hydrogens (tertiary/aromatic N) is 1. The second-order valence-electron chi connectivity index (χ2n) is 7.96. The Balaban J connectivity index is 1.78. The van der Waals surface area contributed by atoms with E-state index in [1.807, 2.05) is 24.3 Å². The van der Waals surface area contributed by atoms with Gasteiger partial charge in [0.2, 0.25) is 5.79 Å². The predicted octanol–water partition coefficient (Wildman–Crippen LogP) is 4.07. The van der Waals surface area contributed by atoms with Crippen molar-refractivity contribution in [1.29, 1.82) is 0 Å². The van der Waals surface area contributed by atoms with Crippen molar-refractivity contribution >= 4 is 21.8 Å². The topological polar surface area (TPSA) is 76.6 Å². The van der Waals surface area contributed by atoms with Gasteiger partial charge < -0.3 is 24.3 Å². The summed E-state index contributed by atoms with van der Waals surface area (Å²) < 4.78 is 17.0. The lowest BCUT2D eigenvalue weighted by Crippen LogP contribution is -2.47. The number of aliphatic hydroxyl groups is 1. The third-order valence-corrected chi connectivity index (χ3v) is 6.38. The number of nitrogens with one attached hydrogen (secondary N) is 1. The van der Waals surface area contributed by atoms with E-state index in [1.54, 1.807) is 21.3 Å². The van der Waals surface area contributed by atoms with Crippen LogP contribution in [0.1, 0.15) is 28.9 Å². The minimum Gasteiger partial charge on any atom is -0.497 e. The smallest absolute Gasteiger partial charge is 0.223 e. The van der Waals surface area contributed by atoms with E-state index >= 15 is 0 Å². The van der Waals surface area contributed by atoms with Gasteiger partial charge in [0.1, 0.15) is 11.9 Å². The Hall–Kier alpha value is -2.93. The standard InChI is InChI=1S/C25H26N2O4/c1-29-16-10-8-15(9-11-16)14-20-24-22(17-6-4-5-7-18(17)27-24)23-19(26-20)12-13-21(28)25(23,30-2)31-3/h4-11,21,27-28H,12-14H2,1-3H3. The number of para-hydroxylation sites is 1. The Bertz CT molecular complexity index is 1240. The van der Waals surface area contributed by atoms with E-state index in [0.29, 0.717) is 19.3 Å². The average Bonchev–Trinajstić information content (AvgIpc) is 3.20. The Morgan fingerprint density at radius 1 is 1.06 bits per heavy atom. The van der Waals surface area contributed by atoms with Crippen LogP contribution in [0.5, 0.6) is 5.75 Å². The van der Waals surface area contributed by atoms with Crippen LogP contribution in [0.25, 0.3) is 21.8 Å². The maximum absolute atomic E-state index is 10.9. The molecule has 1 aliphatic rings. The van der Waals surface area contributed by atoms with Crippen LogP contribution in [0, 0.1) is 0 Å². The van der Waals surface area contributed by atoms with Crippen molar-refractivity contribution in [2.75, 3.05) is 21.3 Å². The first-order chi connectivity index (χ1) is 15.1. The zero-order valence-electron chi connectivity index (χ0n) is 17.9. The van der Waals surface area contributed by atoms with Gasteiger partial charge in [0, 0.05) is 42.5 Å². The van der Waals surface area contributed by atoms with E-state index < -0.39 is 11.9 Å². The molecule has 0 saturated carbocycles. The summed E-state index contributed by atoms with van der Waals surface area (Å²) in [5, 5.41) is 13.0. The van der Waals surface area contributed by atoms with Crippen LogP contribution in [0.15, 0.2) is 48.5 Å². The van der Waals surface area contributed by atoms with Gasteiger partial charge in [0.05, 0.1) is 24.0 Å². The van der Waals surface area contributed by atoms with Gasteiger partial charge in [0.25, 0.3) is 0 Å². The highest BCUT2D eigenvalue weighted by molar-refractivity contribution is 6.10. The van der Waals surface area contributed by atoms with Crippen molar-refractivity contribution in [3.05, 3.63) is 71.0 Å². The zero-order valence-corrected chi connectivity index (χ0v) is 17.9. The molecule has 1 atom stereocenters. The SMILES string of the molecule is COc1ccc(Cc2nc3c(c4c2[nH]c2ccccc24)C(OC)(OC)C(O)CC3)cc1. The summed E-state index contributed by atoms with van der Waals surface area (Å²) in [5.74, 6) is -0.417. The molecule has 6 nitrogen and oxygen atoms in total. The zero-order chi connectivity index (χ0) is 21.6. The number of ether oxygens (including phenoxy) is 3. The molecule has 2 N–H and O–H groups in total. The molecule has 2 aromatic carbocycles. The summed E-state index contributed by atoms with van der Waals surface area (Å²) in [6, 6.07) is 16.2. The predicted molar refractivity (Wildman–Crippen MR) is 119 cm³/mol. The Morgan fingerprint density at radius 2 is 1.81 bits per heavy atom. The molecule has 1 unspecified atom stereocenters. The molecule has 160 valence electrons. The van der Waals surface area contributed by atoms with Crippen molar-refractivity contribution in [3.63, 3.8) is 0 Å². The van der Waals surface area contributed by atoms with Gasteiger partial charge in [-0.05, 0) is 36.6 Å². The number of benzene rings is 2. The Labute approximate surface area is 180 Å². The molecule has 0 bridgehead atoms. The number of aromatic nitrogens is 2. The van der Waals surface area contributed by atoms with E-state index in [4.69, 9.17) is 19.2 Å². The van der Waals surface area contributed by atoms with Gasteiger partial charge in [-0.15, -0.1) is 0 Å². The minimum atomic E-state index is -1.25. The number of methoxy groups -OCH3 is 3. The molecule has 0 fully saturated rings. The summed E-state index contributed by atoms with van der Waals surface area (Å²) in [5.41, 5.74) is 5.81. The summed E-state index contributed by atoms with van der Waals surface area (Å²) >= 11 is 0. The first-order valence-electron chi connectivity index (χ1n) is 10.4. The first kappa shape index (κ1) is 20.0. The number of rotatable bonds is 5. The van der Waals surface area contributed by atoms with Crippen LogP contribution in [-0.4, -0.2) is 42.5 Å². The van der Waals surface area contributed by atoms with Crippen LogP contribution in [0.2, 0.25) is 0 Å². The lowest BCUT2D eigenvalue weighted by molar-refractivity contribution is -0.273. The lowest BCUT2D eigenvalue weighted by atomic mass is 9.84. The molecule has 0 amide bonds. The molecule has 5 rings (SSSR count). The normalized spacial score (nSPS) is 17.7. The van der Waals surface area contributed by atoms with Crippen molar-refractivity contribution in [1.82, 2.24) is 9.97 Å². The molecule has 0 saturated heterocycles. The van der Waals surface area contributed by atoms with Crippen molar-refractivity contribution in [2.24, 2.45) is 0 Å². The molecule has 0 spiro atoms. The molecule has 2 aromatic heterocycles. The number of fused-ring (bicyclic) bond motifs is 5. The molecule has 2 heterocycles. The van der Waals surface area contributed by atoms with Crippen LogP contribution in [0.4, 0.5) is 0 Å². The van der Waals surface area contributed by atoms with Crippen LogP contribution in [-0.2, 0) is 28.1 Å². The third kappa shape index (κ3) is 3.02. The Kier molecular flexibility index (Phi) is 4.93. The number of H-pyrrole nitrogens is 1. The van der Waals surface area contributed by atoms with Crippen LogP contribution in [0.3, 0.4) is 0 Å². The number of hydrogen-bond donors (Lipinski definition) is 2. The molecule has 1 aliphatic carbocycles. The van der Waals surface area contributed by atoms with Crippen LogP contribution >= 0.6 is 0 Å². The highest BCUT2D eigenvalue weighted by Crippen LogP contribution is 2.45. The van der Waals surface area contributed by atoms with Gasteiger partial charge in [-0.2, -0.15) is 0 Å². The van der Waals surface area contributed by atoms with Gasteiger partial charge in [-0.3, -0.25) is 4.98 Å². The fraction of sp³-hybridized carbons (Fsp3) is 0.320. The number of hydrogen-bond acceptors (Lipinski definition) is 5. The number of aromatic amines is 1. The maximum Gasteiger partial charge on any atom is 0.223 e. The maximum atomic E-state index is 10.9. The number of aliphatic hydroxyl groups excluding tert-OH is 1. The summed E-state index contributed by atoms with van der Waals surface area (Å²) in [4.78, 5) is 8.63. The lowest BCUT2D eigenvalue weighted by Gasteiger charge is -2.40. The first-order valence-corrected chi connectivity index (χ1v) is 10.4. The largest absolute Gasteiger partial charge is 0.497 e. The van der Waals surface area contributed by atoms with Crippen molar-refractivity contribution in [3.8, 4) is 5.75 Å². The Morgan fingerprint density at radius 3 is 2.52 bits per heavy atom. The summed E-state index contributed by atoms with van der Waals surface area (Å²) in [7, 11) is 4.82. The van der Waals surface area contributed by atoms with E-state index in [2.05, 4.69) is 29.2 Å². The number of pyridine rings is 1. The van der Waals surface area contributed by atoms with Crippen LogP contribution < -0.4 is 4.74 Å². The second-order valence-corrected chi connectivity index (χ2v) is 7.96. The van der Waals surface area contributed by atoms with Gasteiger partial charge >= 0.3 is 0 Å². The van der Waals surface area contributed by atoms with E-state index in [0.717, 1.165) is 50.1 Å². The molecule has 31 heavy (non-hydrogen) atoms. The summed E-state index contributed by atoms with van der Waals surface area (Å²) in [6.45, 7) is 0. The van der Waals surface area contributed by atoms with E-state index in [-0.39, 0.29) is 0 Å². The van der Waals surface area contributed by atoms with Crippen molar-refractivity contribution in [2.45, 2.75) is 31.2 Å². The van der Waals surface area contributed by atoms with Gasteiger partial charge in [0.15, 0.2) is 0 Å². The molecule has 0 radical (unpaired) electrons. The average molecular weight is 418 g/mol. The monoisotopic (exact) mass is 418 g/mol. The molecular weight excluding hydrogens is 392 g/mol. The highest BCUT2D eigenvalue weighted by Gasteiger charge is 2.47. The van der Waals surface area contributed by atoms with Gasteiger partial charge in [-0.25, -0.2) is 0 Å². The minimum absolute atomic E-state index is 0.525. The highest BCUT2D eigenvalue weighted by atomic mass is 16.7. The molecular formula is C25H26N2O4. The van der Waals surface area contributed by atoms with E-state index in [9.17, 15) is 5.11 Å². The van der Waals surface area contributed by atoms with Crippen molar-refractivity contribution < 1.29 is 19.3 Å². The molecule has 4 aromatic rings. The quantitative estimate of drug-likeness (QED) is 0.478. The number of aryl methyl sites for hydroxylation is 1. The fourth-order valence-electron chi connectivity index (χ4n) is 4.85. The summed E-state index contributed by atoms with van der Waals surface area (Å²) in [6.07, 6.45) is 1.09. The fourth-order valence-corrected chi connectivity index (χ4v) is 4.85.